The average molecular weight is 232 g/mol. The minimum atomic E-state index is -0.268. The maximum atomic E-state index is 9.35. The Labute approximate surface area is 100 Å². The molecule has 0 saturated carbocycles. The van der Waals surface area contributed by atoms with Gasteiger partial charge in [-0.3, -0.25) is 0 Å². The van der Waals surface area contributed by atoms with E-state index >= 15 is 0 Å². The highest BCUT2D eigenvalue weighted by Crippen LogP contribution is 2.25. The van der Waals surface area contributed by atoms with Crippen LogP contribution >= 0.6 is 0 Å². The number of hydrogen-bond acceptors (Lipinski definition) is 4. The number of rotatable bonds is 3. The van der Waals surface area contributed by atoms with E-state index in [0.29, 0.717) is 5.88 Å². The topological polar surface area (TPSA) is 55.2 Å². The van der Waals surface area contributed by atoms with E-state index in [1.807, 2.05) is 32.0 Å². The number of aliphatic hydroxyl groups is 1. The summed E-state index contributed by atoms with van der Waals surface area (Å²) in [6, 6.07) is 5.82. The fraction of sp³-hybridized carbons (Fsp3) is 0.385. The molecule has 0 spiro atoms. The quantitative estimate of drug-likeness (QED) is 0.878. The average Bonchev–Trinajstić information content (AvgIpc) is 2.37. The third-order valence-electron chi connectivity index (χ3n) is 2.91. The first-order chi connectivity index (χ1) is 8.06. The molecule has 1 aromatic carbocycles. The van der Waals surface area contributed by atoms with Gasteiger partial charge in [-0.1, -0.05) is 19.9 Å². The second-order valence-electron chi connectivity index (χ2n) is 4.66. The Morgan fingerprint density at radius 2 is 2.06 bits per heavy atom. The lowest BCUT2D eigenvalue weighted by atomic mass is 9.85. The zero-order chi connectivity index (χ0) is 12.5. The van der Waals surface area contributed by atoms with Crippen molar-refractivity contribution in [2.45, 2.75) is 19.3 Å². The first-order valence-electron chi connectivity index (χ1n) is 5.49. The fourth-order valence-corrected chi connectivity index (χ4v) is 1.60. The summed E-state index contributed by atoms with van der Waals surface area (Å²) in [7, 11) is 1.57. The van der Waals surface area contributed by atoms with Crippen LogP contribution in [0.15, 0.2) is 24.4 Å². The SMILES string of the molecule is COc1cnc2cc(C(C)(C)CO)ccc2n1. The molecule has 0 radical (unpaired) electrons. The van der Waals surface area contributed by atoms with Crippen LogP contribution in [-0.2, 0) is 5.41 Å². The largest absolute Gasteiger partial charge is 0.480 e. The molecule has 4 heteroatoms. The summed E-state index contributed by atoms with van der Waals surface area (Å²) in [6.45, 7) is 4.08. The zero-order valence-corrected chi connectivity index (χ0v) is 10.3. The van der Waals surface area contributed by atoms with Crippen molar-refractivity contribution < 1.29 is 9.84 Å². The molecule has 0 fully saturated rings. The molecule has 17 heavy (non-hydrogen) atoms. The van der Waals surface area contributed by atoms with Gasteiger partial charge < -0.3 is 9.84 Å². The Morgan fingerprint density at radius 3 is 2.71 bits per heavy atom. The highest BCUT2D eigenvalue weighted by Gasteiger charge is 2.19. The Hall–Kier alpha value is -1.68. The molecule has 0 amide bonds. The number of fused-ring (bicyclic) bond motifs is 1. The van der Waals surface area contributed by atoms with Gasteiger partial charge in [0.05, 0.1) is 30.9 Å². The summed E-state index contributed by atoms with van der Waals surface area (Å²) in [5, 5.41) is 9.35. The number of methoxy groups -OCH3 is 1. The van der Waals surface area contributed by atoms with E-state index < -0.39 is 0 Å². The first-order valence-corrected chi connectivity index (χ1v) is 5.49. The third kappa shape index (κ3) is 2.22. The van der Waals surface area contributed by atoms with Gasteiger partial charge in [0.15, 0.2) is 0 Å². The fourth-order valence-electron chi connectivity index (χ4n) is 1.60. The van der Waals surface area contributed by atoms with Crippen LogP contribution in [0.25, 0.3) is 11.0 Å². The van der Waals surface area contributed by atoms with Gasteiger partial charge in [-0.25, -0.2) is 9.97 Å². The normalized spacial score (nSPS) is 11.8. The molecule has 0 aliphatic rings. The number of benzene rings is 1. The molecule has 1 heterocycles. The molecular formula is C13H16N2O2. The second-order valence-corrected chi connectivity index (χ2v) is 4.66. The van der Waals surface area contributed by atoms with Crippen LogP contribution in [0.4, 0.5) is 0 Å². The highest BCUT2D eigenvalue weighted by molar-refractivity contribution is 5.75. The summed E-state index contributed by atoms with van der Waals surface area (Å²) in [5.74, 6) is 0.506. The van der Waals surface area contributed by atoms with Crippen LogP contribution in [-0.4, -0.2) is 28.8 Å². The first kappa shape index (κ1) is 11.8. The van der Waals surface area contributed by atoms with Gasteiger partial charge in [-0.15, -0.1) is 0 Å². The molecule has 2 rings (SSSR count). The molecule has 90 valence electrons. The van der Waals surface area contributed by atoms with Gasteiger partial charge in [0.1, 0.15) is 0 Å². The van der Waals surface area contributed by atoms with E-state index in [9.17, 15) is 5.11 Å². The van der Waals surface area contributed by atoms with Gasteiger partial charge in [-0.2, -0.15) is 0 Å². The van der Waals surface area contributed by atoms with Crippen LogP contribution in [0.1, 0.15) is 19.4 Å². The molecule has 4 nitrogen and oxygen atoms in total. The van der Waals surface area contributed by atoms with Crippen molar-refractivity contribution in [3.8, 4) is 5.88 Å². The van der Waals surface area contributed by atoms with Gasteiger partial charge >= 0.3 is 0 Å². The maximum Gasteiger partial charge on any atom is 0.232 e. The van der Waals surface area contributed by atoms with Crippen molar-refractivity contribution in [3.63, 3.8) is 0 Å². The van der Waals surface area contributed by atoms with Crippen LogP contribution in [0, 0.1) is 0 Å². The Bertz CT molecular complexity index is 538. The molecule has 1 aromatic heterocycles. The molecule has 0 aliphatic carbocycles. The van der Waals surface area contributed by atoms with Gasteiger partial charge in [-0.05, 0) is 17.7 Å². The monoisotopic (exact) mass is 232 g/mol. The number of aliphatic hydroxyl groups excluding tert-OH is 1. The van der Waals surface area contributed by atoms with Crippen molar-refractivity contribution in [1.82, 2.24) is 9.97 Å². The number of hydrogen-bond donors (Lipinski definition) is 1. The van der Waals surface area contributed by atoms with Gasteiger partial charge in [0.25, 0.3) is 0 Å². The van der Waals surface area contributed by atoms with Crippen molar-refractivity contribution in [1.29, 1.82) is 0 Å². The summed E-state index contributed by atoms with van der Waals surface area (Å²) >= 11 is 0. The molecule has 2 aromatic rings. The molecule has 0 unspecified atom stereocenters. The Morgan fingerprint density at radius 1 is 1.29 bits per heavy atom. The third-order valence-corrected chi connectivity index (χ3v) is 2.91. The summed E-state index contributed by atoms with van der Waals surface area (Å²) in [4.78, 5) is 8.59. The van der Waals surface area contributed by atoms with Crippen molar-refractivity contribution >= 4 is 11.0 Å². The van der Waals surface area contributed by atoms with E-state index in [1.165, 1.54) is 0 Å². The van der Waals surface area contributed by atoms with Crippen molar-refractivity contribution in [3.05, 3.63) is 30.0 Å². The number of nitrogens with zero attached hydrogens (tertiary/aromatic N) is 2. The number of ether oxygens (including phenoxy) is 1. The molecule has 0 bridgehead atoms. The van der Waals surface area contributed by atoms with Crippen LogP contribution in [0.3, 0.4) is 0 Å². The zero-order valence-electron chi connectivity index (χ0n) is 10.3. The van der Waals surface area contributed by atoms with E-state index in [0.717, 1.165) is 16.6 Å². The highest BCUT2D eigenvalue weighted by atomic mass is 16.5. The predicted molar refractivity (Wildman–Crippen MR) is 66.2 cm³/mol. The summed E-state index contributed by atoms with van der Waals surface area (Å²) in [5.41, 5.74) is 2.38. The van der Waals surface area contributed by atoms with E-state index in [2.05, 4.69) is 9.97 Å². The van der Waals surface area contributed by atoms with Gasteiger partial charge in [0, 0.05) is 5.41 Å². The molecule has 0 saturated heterocycles. The maximum absolute atomic E-state index is 9.35. The van der Waals surface area contributed by atoms with E-state index in [-0.39, 0.29) is 12.0 Å². The molecule has 0 atom stereocenters. The van der Waals surface area contributed by atoms with Crippen LogP contribution in [0.5, 0.6) is 5.88 Å². The lowest BCUT2D eigenvalue weighted by Crippen LogP contribution is -2.21. The predicted octanol–water partition coefficient (Wildman–Crippen LogP) is 1.91. The minimum Gasteiger partial charge on any atom is -0.480 e. The van der Waals surface area contributed by atoms with Crippen LogP contribution < -0.4 is 4.74 Å². The summed E-state index contributed by atoms with van der Waals surface area (Å²) in [6.07, 6.45) is 1.60. The van der Waals surface area contributed by atoms with E-state index in [4.69, 9.17) is 4.74 Å². The minimum absolute atomic E-state index is 0.0993. The Balaban J connectivity index is 2.52. The lowest BCUT2D eigenvalue weighted by molar-refractivity contribution is 0.218. The lowest BCUT2D eigenvalue weighted by Gasteiger charge is -2.22. The smallest absolute Gasteiger partial charge is 0.232 e. The van der Waals surface area contributed by atoms with Gasteiger partial charge in [0.2, 0.25) is 5.88 Å². The van der Waals surface area contributed by atoms with Crippen LogP contribution in [0.2, 0.25) is 0 Å². The molecular weight excluding hydrogens is 216 g/mol. The van der Waals surface area contributed by atoms with Crippen molar-refractivity contribution in [2.24, 2.45) is 0 Å². The molecule has 0 aliphatic heterocycles. The number of aromatic nitrogens is 2. The standard InChI is InChI=1S/C13H16N2O2/c1-13(2,8-16)9-4-5-10-11(6-9)14-7-12(15-10)17-3/h4-7,16H,8H2,1-3H3. The molecule has 1 N–H and O–H groups in total. The summed E-state index contributed by atoms with van der Waals surface area (Å²) < 4.78 is 5.03. The Kier molecular flexibility index (Phi) is 2.98. The van der Waals surface area contributed by atoms with Crippen molar-refractivity contribution in [2.75, 3.05) is 13.7 Å². The second kappa shape index (κ2) is 4.30. The van der Waals surface area contributed by atoms with E-state index in [1.54, 1.807) is 13.3 Å².